The fraction of sp³-hybridized carbons (Fsp3) is 0.0714. The van der Waals surface area contributed by atoms with Crippen molar-refractivity contribution in [2.45, 2.75) is 6.30 Å². The van der Waals surface area contributed by atoms with Crippen molar-refractivity contribution in [2.75, 3.05) is 0 Å². The van der Waals surface area contributed by atoms with Gasteiger partial charge in [-0.2, -0.15) is 0 Å². The lowest BCUT2D eigenvalue weighted by atomic mass is 10.3. The summed E-state index contributed by atoms with van der Waals surface area (Å²) in [6.45, 7) is 0. The maximum atomic E-state index is 13.5. The molecule has 2 N–H and O–H groups in total. The van der Waals surface area contributed by atoms with Gasteiger partial charge >= 0.3 is 6.30 Å². The van der Waals surface area contributed by atoms with Crippen LogP contribution in [-0.4, -0.2) is 25.5 Å². The highest BCUT2D eigenvalue weighted by molar-refractivity contribution is 7.21. The van der Waals surface area contributed by atoms with Gasteiger partial charge in [0.05, 0.1) is 20.8 Å². The van der Waals surface area contributed by atoms with Gasteiger partial charge in [0, 0.05) is 0 Å². The predicted molar refractivity (Wildman–Crippen MR) is 82.1 cm³/mol. The number of rotatable bonds is 2. The van der Waals surface area contributed by atoms with Crippen LogP contribution in [0.4, 0.5) is 13.2 Å². The Kier molecular flexibility index (Phi) is 2.94. The van der Waals surface area contributed by atoms with Crippen molar-refractivity contribution in [1.29, 1.82) is 0 Å². The van der Waals surface area contributed by atoms with Crippen LogP contribution in [0.5, 0.6) is 0 Å². The van der Waals surface area contributed by atoms with Crippen LogP contribution in [0, 0.1) is 0 Å². The standard InChI is InChI=1S/C14H8F3N5OS/c15-14(16,17)21-8-6-9(12(18)23)24-11(8)10-13(21)20-22(19-10)7-4-2-1-3-5-7/h1-6H,(H2,18,23). The summed E-state index contributed by atoms with van der Waals surface area (Å²) in [4.78, 5) is 12.5. The lowest BCUT2D eigenvalue weighted by Crippen LogP contribution is -2.16. The minimum absolute atomic E-state index is 0.0363. The molecule has 0 aliphatic rings. The molecule has 24 heavy (non-hydrogen) atoms. The Morgan fingerprint density at radius 1 is 1.17 bits per heavy atom. The van der Waals surface area contributed by atoms with Gasteiger partial charge < -0.3 is 5.73 Å². The molecule has 0 saturated carbocycles. The Morgan fingerprint density at radius 2 is 1.88 bits per heavy atom. The van der Waals surface area contributed by atoms with E-state index in [1.165, 1.54) is 0 Å². The summed E-state index contributed by atoms with van der Waals surface area (Å²) in [6.07, 6.45) is -4.70. The zero-order valence-corrected chi connectivity index (χ0v) is 12.6. The van der Waals surface area contributed by atoms with E-state index in [2.05, 4.69) is 10.2 Å². The second-order valence-electron chi connectivity index (χ2n) is 4.99. The van der Waals surface area contributed by atoms with E-state index in [0.717, 1.165) is 22.2 Å². The van der Waals surface area contributed by atoms with Crippen LogP contribution in [0.3, 0.4) is 0 Å². The number of halogens is 3. The number of carbonyl (C=O) groups excluding carboxylic acids is 1. The SMILES string of the molecule is NC(=O)c1cc2c(s1)c1nn(-c3ccccc3)nc1n2C(F)(F)F. The number of nitrogens with two attached hydrogens (primary N) is 1. The minimum atomic E-state index is -4.70. The van der Waals surface area contributed by atoms with Crippen molar-refractivity contribution >= 4 is 38.6 Å². The van der Waals surface area contributed by atoms with Crippen molar-refractivity contribution in [2.24, 2.45) is 5.73 Å². The second kappa shape index (κ2) is 4.81. The molecule has 4 aromatic rings. The van der Waals surface area contributed by atoms with Gasteiger partial charge in [0.25, 0.3) is 5.91 Å². The van der Waals surface area contributed by atoms with Gasteiger partial charge in [0.2, 0.25) is 0 Å². The van der Waals surface area contributed by atoms with Gasteiger partial charge in [-0.05, 0) is 18.2 Å². The van der Waals surface area contributed by atoms with Crippen molar-refractivity contribution in [1.82, 2.24) is 19.6 Å². The van der Waals surface area contributed by atoms with Gasteiger partial charge in [-0.3, -0.25) is 4.79 Å². The van der Waals surface area contributed by atoms with E-state index in [1.54, 1.807) is 30.3 Å². The molecule has 4 rings (SSSR count). The Bertz CT molecular complexity index is 1080. The predicted octanol–water partition coefficient (Wildman–Crippen LogP) is 3.01. The summed E-state index contributed by atoms with van der Waals surface area (Å²) in [5.41, 5.74) is 5.29. The molecule has 1 aromatic carbocycles. The van der Waals surface area contributed by atoms with Crippen LogP contribution < -0.4 is 5.73 Å². The first-order chi connectivity index (χ1) is 11.4. The molecule has 3 heterocycles. The van der Waals surface area contributed by atoms with Gasteiger partial charge in [-0.25, -0.2) is 4.57 Å². The van der Waals surface area contributed by atoms with Gasteiger partial charge in [0.1, 0.15) is 5.52 Å². The Hall–Kier alpha value is -2.88. The molecular formula is C14H8F3N5OS. The monoisotopic (exact) mass is 351 g/mol. The Morgan fingerprint density at radius 3 is 2.50 bits per heavy atom. The molecule has 10 heteroatoms. The van der Waals surface area contributed by atoms with E-state index in [0.29, 0.717) is 5.69 Å². The molecule has 1 amide bonds. The van der Waals surface area contributed by atoms with Crippen molar-refractivity contribution < 1.29 is 18.0 Å². The number of para-hydroxylation sites is 1. The molecular weight excluding hydrogens is 343 g/mol. The highest BCUT2D eigenvalue weighted by atomic mass is 32.1. The average Bonchev–Trinajstić information content (AvgIpc) is 3.16. The number of amides is 1. The Balaban J connectivity index is 2.06. The van der Waals surface area contributed by atoms with Gasteiger partial charge in [-0.1, -0.05) is 18.2 Å². The van der Waals surface area contributed by atoms with Crippen LogP contribution in [0.25, 0.3) is 27.1 Å². The molecule has 0 bridgehead atoms. The van der Waals surface area contributed by atoms with E-state index in [-0.39, 0.29) is 30.8 Å². The molecule has 6 nitrogen and oxygen atoms in total. The molecule has 0 unspecified atom stereocenters. The molecule has 0 aliphatic carbocycles. The van der Waals surface area contributed by atoms with E-state index >= 15 is 0 Å². The largest absolute Gasteiger partial charge is 0.490 e. The first kappa shape index (κ1) is 14.7. The zero-order valence-electron chi connectivity index (χ0n) is 11.8. The number of alkyl halides is 3. The number of nitrogens with zero attached hydrogens (tertiary/aromatic N) is 4. The van der Waals surface area contributed by atoms with Gasteiger partial charge in [0.15, 0.2) is 5.65 Å². The number of carbonyl (C=O) groups is 1. The number of hydrogen-bond donors (Lipinski definition) is 1. The molecule has 0 spiro atoms. The van der Waals surface area contributed by atoms with Crippen molar-refractivity contribution in [3.05, 3.63) is 41.3 Å². The van der Waals surface area contributed by atoms with Crippen LogP contribution in [0.15, 0.2) is 36.4 Å². The summed E-state index contributed by atoms with van der Waals surface area (Å²) in [7, 11) is 0. The summed E-state index contributed by atoms with van der Waals surface area (Å²) in [5.74, 6) is -0.784. The number of hydrogen-bond acceptors (Lipinski definition) is 4. The number of primary amides is 1. The second-order valence-corrected chi connectivity index (χ2v) is 6.04. The number of benzene rings is 1. The lowest BCUT2D eigenvalue weighted by molar-refractivity contribution is -0.198. The third-order valence-electron chi connectivity index (χ3n) is 3.46. The molecule has 3 aromatic heterocycles. The van der Waals surface area contributed by atoms with Crippen LogP contribution in [0.2, 0.25) is 0 Å². The molecule has 0 radical (unpaired) electrons. The maximum absolute atomic E-state index is 13.5. The maximum Gasteiger partial charge on any atom is 0.490 e. The van der Waals surface area contributed by atoms with Gasteiger partial charge in [-0.15, -0.1) is 39.5 Å². The van der Waals surface area contributed by atoms with E-state index in [1.807, 2.05) is 0 Å². The summed E-state index contributed by atoms with van der Waals surface area (Å²) in [5, 5.41) is 8.13. The quantitative estimate of drug-likeness (QED) is 0.603. The van der Waals surface area contributed by atoms with E-state index in [4.69, 9.17) is 5.73 Å². The van der Waals surface area contributed by atoms with E-state index in [9.17, 15) is 18.0 Å². The fourth-order valence-electron chi connectivity index (χ4n) is 2.48. The molecule has 0 fully saturated rings. The normalized spacial score (nSPS) is 12.3. The minimum Gasteiger partial charge on any atom is -0.365 e. The first-order valence-corrected chi connectivity index (χ1v) is 7.51. The highest BCUT2D eigenvalue weighted by Gasteiger charge is 2.37. The van der Waals surface area contributed by atoms with Crippen molar-refractivity contribution in [3.8, 4) is 5.69 Å². The van der Waals surface area contributed by atoms with Crippen molar-refractivity contribution in [3.63, 3.8) is 0 Å². The summed E-state index contributed by atoms with van der Waals surface area (Å²) < 4.78 is 40.8. The van der Waals surface area contributed by atoms with E-state index < -0.39 is 12.2 Å². The average molecular weight is 351 g/mol. The topological polar surface area (TPSA) is 78.7 Å². The number of fused-ring (bicyclic) bond motifs is 3. The molecule has 122 valence electrons. The molecule has 0 aliphatic heterocycles. The molecule has 0 saturated heterocycles. The number of thiophene rings is 1. The summed E-state index contributed by atoms with van der Waals surface area (Å²) >= 11 is 0.869. The third kappa shape index (κ3) is 2.07. The molecule has 0 atom stereocenters. The third-order valence-corrected chi connectivity index (χ3v) is 4.61. The number of aromatic nitrogens is 4. The van der Waals surface area contributed by atoms with Crippen LogP contribution >= 0.6 is 11.3 Å². The summed E-state index contributed by atoms with van der Waals surface area (Å²) in [6, 6.07) is 9.71. The smallest absolute Gasteiger partial charge is 0.365 e. The first-order valence-electron chi connectivity index (χ1n) is 6.70. The highest BCUT2D eigenvalue weighted by Crippen LogP contribution is 2.39. The van der Waals surface area contributed by atoms with Crippen LogP contribution in [-0.2, 0) is 6.30 Å². The lowest BCUT2D eigenvalue weighted by Gasteiger charge is -2.08. The van der Waals surface area contributed by atoms with Crippen LogP contribution in [0.1, 0.15) is 9.67 Å². The Labute approximate surface area is 135 Å². The fourth-order valence-corrected chi connectivity index (χ4v) is 3.46. The zero-order chi connectivity index (χ0) is 17.1.